The molecule has 162 valence electrons. The van der Waals surface area contributed by atoms with Crippen LogP contribution in [0.4, 0.5) is 5.69 Å². The molecule has 1 atom stereocenters. The molecule has 0 saturated carbocycles. The molecule has 0 spiro atoms. The number of ether oxygens (including phenoxy) is 3. The average molecular weight is 476 g/mol. The maximum atomic E-state index is 12.8. The Labute approximate surface area is 187 Å². The van der Waals surface area contributed by atoms with E-state index in [4.69, 9.17) is 19.9 Å². The van der Waals surface area contributed by atoms with Crippen LogP contribution in [0.1, 0.15) is 55.5 Å². The molecule has 0 aliphatic carbocycles. The van der Waals surface area contributed by atoms with Gasteiger partial charge >= 0.3 is 5.97 Å². The fourth-order valence-corrected chi connectivity index (χ4v) is 4.41. The van der Waals surface area contributed by atoms with Gasteiger partial charge in [-0.3, -0.25) is 0 Å². The minimum Gasteiger partial charge on any atom is -0.493 e. The molecule has 0 bridgehead atoms. The van der Waals surface area contributed by atoms with Gasteiger partial charge in [0.05, 0.1) is 19.3 Å². The van der Waals surface area contributed by atoms with E-state index in [1.807, 2.05) is 46.8 Å². The molecule has 30 heavy (non-hydrogen) atoms. The molecular weight excluding hydrogens is 446 g/mol. The Morgan fingerprint density at radius 2 is 1.93 bits per heavy atom. The number of halogens is 1. The van der Waals surface area contributed by atoms with E-state index >= 15 is 0 Å². The first-order valence-electron chi connectivity index (χ1n) is 10.1. The van der Waals surface area contributed by atoms with Crippen molar-refractivity contribution in [3.05, 3.63) is 44.9 Å². The van der Waals surface area contributed by atoms with Crippen molar-refractivity contribution in [2.45, 2.75) is 59.2 Å². The smallest absolute Gasteiger partial charge is 0.339 e. The Balaban J connectivity index is 2.30. The summed E-state index contributed by atoms with van der Waals surface area (Å²) in [5.74, 6) is 0.475. The van der Waals surface area contributed by atoms with Crippen molar-refractivity contribution < 1.29 is 19.0 Å². The van der Waals surface area contributed by atoms with Crippen LogP contribution in [0.15, 0.2) is 22.7 Å². The summed E-state index contributed by atoms with van der Waals surface area (Å²) in [6.07, 6.45) is 1.06. The SMILES string of the molecule is COC(=O)C(OC(C)(C)C)c1c(C)c(N)c(Br)c(C)c1-c1ccc2c(c1)CCCO2. The molecule has 0 radical (unpaired) electrons. The minimum atomic E-state index is -0.897. The molecule has 2 aromatic rings. The van der Waals surface area contributed by atoms with Gasteiger partial charge in [0, 0.05) is 15.7 Å². The van der Waals surface area contributed by atoms with Crippen molar-refractivity contribution in [3.63, 3.8) is 0 Å². The molecule has 3 rings (SSSR count). The second-order valence-corrected chi connectivity index (χ2v) is 9.47. The van der Waals surface area contributed by atoms with E-state index < -0.39 is 17.7 Å². The second kappa shape index (κ2) is 8.60. The van der Waals surface area contributed by atoms with Crippen LogP contribution in [0.25, 0.3) is 11.1 Å². The molecule has 1 heterocycles. The number of fused-ring (bicyclic) bond motifs is 1. The second-order valence-electron chi connectivity index (χ2n) is 8.67. The number of carbonyl (C=O) groups excluding carboxylic acids is 1. The fraction of sp³-hybridized carbons (Fsp3) is 0.458. The highest BCUT2D eigenvalue weighted by molar-refractivity contribution is 9.10. The molecule has 0 amide bonds. The van der Waals surface area contributed by atoms with Crippen LogP contribution < -0.4 is 10.5 Å². The van der Waals surface area contributed by atoms with Gasteiger partial charge in [0.25, 0.3) is 0 Å². The maximum absolute atomic E-state index is 12.8. The quantitative estimate of drug-likeness (QED) is 0.455. The van der Waals surface area contributed by atoms with Crippen molar-refractivity contribution >= 4 is 27.6 Å². The Kier molecular flexibility index (Phi) is 6.48. The summed E-state index contributed by atoms with van der Waals surface area (Å²) in [5.41, 5.74) is 12.1. The zero-order chi connectivity index (χ0) is 22.2. The molecule has 0 aromatic heterocycles. The van der Waals surface area contributed by atoms with Crippen molar-refractivity contribution in [1.82, 2.24) is 0 Å². The number of hydrogen-bond acceptors (Lipinski definition) is 5. The van der Waals surface area contributed by atoms with Gasteiger partial charge in [0.2, 0.25) is 0 Å². The number of hydrogen-bond donors (Lipinski definition) is 1. The standard InChI is InChI=1S/C24H30BrNO4/c1-13-18(16-9-10-17-15(12-16)8-7-11-29-17)19(14(2)21(26)20(13)25)22(23(27)28-6)30-24(3,4)5/h9-10,12,22H,7-8,11,26H2,1-6H3. The van der Waals surface area contributed by atoms with Gasteiger partial charge in [0.15, 0.2) is 6.10 Å². The summed E-state index contributed by atoms with van der Waals surface area (Å²) in [6.45, 7) is 10.4. The van der Waals surface area contributed by atoms with E-state index in [0.717, 1.165) is 57.5 Å². The molecule has 6 heteroatoms. The van der Waals surface area contributed by atoms with E-state index in [1.165, 1.54) is 12.7 Å². The largest absolute Gasteiger partial charge is 0.493 e. The minimum absolute atomic E-state index is 0.448. The van der Waals surface area contributed by atoms with Crippen molar-refractivity contribution in [2.24, 2.45) is 0 Å². The normalized spacial score (nSPS) is 14.6. The maximum Gasteiger partial charge on any atom is 0.339 e. The predicted octanol–water partition coefficient (Wildman–Crippen LogP) is 5.67. The zero-order valence-corrected chi connectivity index (χ0v) is 20.1. The first-order valence-corrected chi connectivity index (χ1v) is 10.9. The third-order valence-electron chi connectivity index (χ3n) is 5.36. The predicted molar refractivity (Wildman–Crippen MR) is 123 cm³/mol. The lowest BCUT2D eigenvalue weighted by atomic mass is 9.86. The van der Waals surface area contributed by atoms with E-state index in [1.54, 1.807) is 0 Å². The van der Waals surface area contributed by atoms with Crippen molar-refractivity contribution in [2.75, 3.05) is 19.5 Å². The molecule has 0 saturated heterocycles. The van der Waals surface area contributed by atoms with E-state index in [-0.39, 0.29) is 0 Å². The fourth-order valence-electron chi connectivity index (χ4n) is 3.91. The summed E-state index contributed by atoms with van der Waals surface area (Å²) in [7, 11) is 1.38. The number of nitrogen functional groups attached to an aromatic ring is 1. The molecule has 1 aliphatic rings. The lowest BCUT2D eigenvalue weighted by Gasteiger charge is -2.30. The van der Waals surface area contributed by atoms with Crippen LogP contribution in [0, 0.1) is 13.8 Å². The van der Waals surface area contributed by atoms with Crippen molar-refractivity contribution in [1.29, 1.82) is 0 Å². The van der Waals surface area contributed by atoms with Gasteiger partial charge in [-0.15, -0.1) is 0 Å². The molecule has 0 fully saturated rings. The van der Waals surface area contributed by atoms with Crippen LogP contribution in [0.5, 0.6) is 5.75 Å². The summed E-state index contributed by atoms with van der Waals surface area (Å²) >= 11 is 3.65. The van der Waals surface area contributed by atoms with Gasteiger partial charge in [-0.05, 0) is 103 Å². The third kappa shape index (κ3) is 4.35. The highest BCUT2D eigenvalue weighted by atomic mass is 79.9. The number of rotatable bonds is 4. The monoisotopic (exact) mass is 475 g/mol. The van der Waals surface area contributed by atoms with Crippen LogP contribution in [0.3, 0.4) is 0 Å². The molecule has 2 N–H and O–H groups in total. The summed E-state index contributed by atoms with van der Waals surface area (Å²) < 4.78 is 17.9. The summed E-state index contributed by atoms with van der Waals surface area (Å²) in [5, 5.41) is 0. The van der Waals surface area contributed by atoms with Gasteiger partial charge in [-0.2, -0.15) is 0 Å². The van der Waals surface area contributed by atoms with Gasteiger partial charge in [-0.25, -0.2) is 4.79 Å². The highest BCUT2D eigenvalue weighted by Gasteiger charge is 2.34. The van der Waals surface area contributed by atoms with E-state index in [2.05, 4.69) is 22.0 Å². The van der Waals surface area contributed by atoms with Crippen LogP contribution in [-0.2, 0) is 20.7 Å². The van der Waals surface area contributed by atoms with Gasteiger partial charge in [0.1, 0.15) is 5.75 Å². The topological polar surface area (TPSA) is 70.8 Å². The average Bonchev–Trinajstić information content (AvgIpc) is 2.71. The zero-order valence-electron chi connectivity index (χ0n) is 18.5. The molecule has 1 unspecified atom stereocenters. The Hall–Kier alpha value is -2.05. The highest BCUT2D eigenvalue weighted by Crippen LogP contribution is 2.45. The summed E-state index contributed by atoms with van der Waals surface area (Å²) in [6, 6.07) is 6.18. The molecular formula is C24H30BrNO4. The van der Waals surface area contributed by atoms with E-state index in [0.29, 0.717) is 5.69 Å². The number of carbonyl (C=O) groups is 1. The summed E-state index contributed by atoms with van der Waals surface area (Å²) in [4.78, 5) is 12.8. The van der Waals surface area contributed by atoms with Crippen LogP contribution in [-0.4, -0.2) is 25.3 Å². The number of benzene rings is 2. The van der Waals surface area contributed by atoms with Crippen LogP contribution in [0.2, 0.25) is 0 Å². The van der Waals surface area contributed by atoms with Crippen molar-refractivity contribution in [3.8, 4) is 16.9 Å². The third-order valence-corrected chi connectivity index (χ3v) is 6.39. The number of esters is 1. The Bertz CT molecular complexity index is 978. The lowest BCUT2D eigenvalue weighted by Crippen LogP contribution is -2.29. The first-order chi connectivity index (χ1) is 14.0. The molecule has 1 aliphatic heterocycles. The van der Waals surface area contributed by atoms with Gasteiger partial charge in [-0.1, -0.05) is 6.07 Å². The van der Waals surface area contributed by atoms with E-state index in [9.17, 15) is 4.79 Å². The lowest BCUT2D eigenvalue weighted by molar-refractivity contribution is -0.164. The number of aryl methyl sites for hydroxylation is 1. The Morgan fingerprint density at radius 1 is 1.23 bits per heavy atom. The number of methoxy groups -OCH3 is 1. The molecule has 2 aromatic carbocycles. The Morgan fingerprint density at radius 3 is 2.57 bits per heavy atom. The van der Waals surface area contributed by atoms with Crippen LogP contribution >= 0.6 is 15.9 Å². The number of anilines is 1. The van der Waals surface area contributed by atoms with Gasteiger partial charge < -0.3 is 19.9 Å². The first kappa shape index (κ1) is 22.6. The molecule has 5 nitrogen and oxygen atoms in total. The number of nitrogens with two attached hydrogens (primary N) is 1.